The summed E-state index contributed by atoms with van der Waals surface area (Å²) < 4.78 is 0. The second kappa shape index (κ2) is 5.23. The van der Waals surface area contributed by atoms with Crippen LogP contribution in [-0.4, -0.2) is 13.1 Å². The van der Waals surface area contributed by atoms with Crippen LogP contribution in [0.25, 0.3) is 0 Å². The molecule has 104 valence electrons. The number of rotatable bonds is 3. The molecule has 20 heavy (non-hydrogen) atoms. The molecule has 0 amide bonds. The van der Waals surface area contributed by atoms with Gasteiger partial charge in [-0.25, -0.2) is 0 Å². The van der Waals surface area contributed by atoms with Gasteiger partial charge in [-0.2, -0.15) is 0 Å². The lowest BCUT2D eigenvalue weighted by Gasteiger charge is -2.13. The Morgan fingerprint density at radius 1 is 0.950 bits per heavy atom. The van der Waals surface area contributed by atoms with Crippen LogP contribution in [0.15, 0.2) is 54.6 Å². The van der Waals surface area contributed by atoms with Crippen molar-refractivity contribution in [2.45, 2.75) is 18.3 Å². The summed E-state index contributed by atoms with van der Waals surface area (Å²) in [5, 5.41) is 3.52. The van der Waals surface area contributed by atoms with E-state index in [1.807, 2.05) is 0 Å². The summed E-state index contributed by atoms with van der Waals surface area (Å²) >= 11 is 0. The molecule has 2 aromatic carbocycles. The first-order chi connectivity index (χ1) is 9.37. The van der Waals surface area contributed by atoms with Gasteiger partial charge in [-0.05, 0) is 42.0 Å². The summed E-state index contributed by atoms with van der Waals surface area (Å²) in [7, 11) is 0. The highest BCUT2D eigenvalue weighted by molar-refractivity contribution is 5.85. The number of hydrogen-bond donors (Lipinski definition) is 1. The van der Waals surface area contributed by atoms with Gasteiger partial charge in [0.25, 0.3) is 0 Å². The molecule has 1 N–H and O–H groups in total. The number of benzene rings is 2. The summed E-state index contributed by atoms with van der Waals surface area (Å²) in [6.07, 6.45) is 2.42. The van der Waals surface area contributed by atoms with E-state index in [1.165, 1.54) is 30.6 Å². The Morgan fingerprint density at radius 2 is 1.65 bits per heavy atom. The van der Waals surface area contributed by atoms with Crippen LogP contribution in [0.2, 0.25) is 0 Å². The molecule has 1 aliphatic heterocycles. The third-order valence-corrected chi connectivity index (χ3v) is 4.84. The molecule has 2 aliphatic rings. The molecular formula is C18H20ClN. The van der Waals surface area contributed by atoms with Crippen LogP contribution >= 0.6 is 12.4 Å². The van der Waals surface area contributed by atoms with Crippen molar-refractivity contribution in [3.63, 3.8) is 0 Å². The van der Waals surface area contributed by atoms with Crippen molar-refractivity contribution in [2.75, 3.05) is 13.1 Å². The quantitative estimate of drug-likeness (QED) is 0.909. The number of piperidine rings is 1. The normalized spacial score (nSPS) is 26.7. The van der Waals surface area contributed by atoms with Gasteiger partial charge in [0.2, 0.25) is 0 Å². The summed E-state index contributed by atoms with van der Waals surface area (Å²) in [6, 6.07) is 20.0. The van der Waals surface area contributed by atoms with Gasteiger partial charge < -0.3 is 5.32 Å². The summed E-state index contributed by atoms with van der Waals surface area (Å²) in [6.45, 7) is 2.39. The largest absolute Gasteiger partial charge is 0.316 e. The SMILES string of the molecule is Cl.c1ccc(Cc2ccc(C34CNCC3C4)cc2)cc1. The highest BCUT2D eigenvalue weighted by atomic mass is 35.5. The molecule has 0 radical (unpaired) electrons. The van der Waals surface area contributed by atoms with Crippen molar-refractivity contribution in [2.24, 2.45) is 5.92 Å². The molecule has 2 aromatic rings. The van der Waals surface area contributed by atoms with Crippen molar-refractivity contribution < 1.29 is 0 Å². The standard InChI is InChI=1S/C18H19N.ClH/c1-2-4-14(5-3-1)10-15-6-8-16(9-7-15)18-11-17(18)12-19-13-18;/h1-9,17,19H,10-13H2;1H. The van der Waals surface area contributed by atoms with E-state index in [0.29, 0.717) is 5.41 Å². The van der Waals surface area contributed by atoms with Crippen molar-refractivity contribution in [3.05, 3.63) is 71.3 Å². The molecule has 1 saturated carbocycles. The lowest BCUT2D eigenvalue weighted by Crippen LogP contribution is -2.19. The zero-order chi connectivity index (χ0) is 12.7. The predicted octanol–water partition coefficient (Wildman–Crippen LogP) is 3.56. The van der Waals surface area contributed by atoms with Crippen LogP contribution in [-0.2, 0) is 11.8 Å². The molecule has 0 aromatic heterocycles. The molecule has 2 unspecified atom stereocenters. The number of halogens is 1. The monoisotopic (exact) mass is 285 g/mol. The molecule has 2 atom stereocenters. The van der Waals surface area contributed by atoms with Crippen LogP contribution < -0.4 is 5.32 Å². The van der Waals surface area contributed by atoms with Crippen molar-refractivity contribution in [1.29, 1.82) is 0 Å². The van der Waals surface area contributed by atoms with Gasteiger partial charge in [-0.1, -0.05) is 54.6 Å². The second-order valence-electron chi connectivity index (χ2n) is 6.05. The van der Waals surface area contributed by atoms with Crippen molar-refractivity contribution >= 4 is 12.4 Å². The molecule has 2 fully saturated rings. The molecule has 4 rings (SSSR count). The molecule has 0 bridgehead atoms. The maximum Gasteiger partial charge on any atom is 0.0122 e. The van der Waals surface area contributed by atoms with Crippen LogP contribution in [0.1, 0.15) is 23.1 Å². The first-order valence-corrected chi connectivity index (χ1v) is 7.21. The average molecular weight is 286 g/mol. The Kier molecular flexibility index (Phi) is 3.57. The van der Waals surface area contributed by atoms with Crippen molar-refractivity contribution in [1.82, 2.24) is 5.32 Å². The fourth-order valence-electron chi connectivity index (χ4n) is 3.58. The molecule has 1 saturated heterocycles. The van der Waals surface area contributed by atoms with Gasteiger partial charge in [0, 0.05) is 12.0 Å². The molecule has 1 aliphatic carbocycles. The van der Waals surface area contributed by atoms with E-state index < -0.39 is 0 Å². The number of fused-ring (bicyclic) bond motifs is 1. The maximum absolute atomic E-state index is 3.52. The Bertz CT molecular complexity index is 578. The molecule has 2 heteroatoms. The van der Waals surface area contributed by atoms with Crippen LogP contribution in [0, 0.1) is 5.92 Å². The maximum atomic E-state index is 3.52. The topological polar surface area (TPSA) is 12.0 Å². The van der Waals surface area contributed by atoms with E-state index in [4.69, 9.17) is 0 Å². The molecule has 1 heterocycles. The smallest absolute Gasteiger partial charge is 0.0122 e. The van der Waals surface area contributed by atoms with Gasteiger partial charge in [0.05, 0.1) is 0 Å². The third kappa shape index (κ3) is 2.25. The average Bonchev–Trinajstić information content (AvgIpc) is 3.03. The molecule has 0 spiro atoms. The van der Waals surface area contributed by atoms with Crippen molar-refractivity contribution in [3.8, 4) is 0 Å². The first kappa shape index (κ1) is 13.7. The number of hydrogen-bond acceptors (Lipinski definition) is 1. The van der Waals surface area contributed by atoms with E-state index in [-0.39, 0.29) is 12.4 Å². The lowest BCUT2D eigenvalue weighted by atomic mass is 9.93. The number of nitrogens with one attached hydrogen (secondary N) is 1. The minimum Gasteiger partial charge on any atom is -0.316 e. The van der Waals surface area contributed by atoms with Gasteiger partial charge in [0.15, 0.2) is 0 Å². The van der Waals surface area contributed by atoms with Crippen LogP contribution in [0.4, 0.5) is 0 Å². The summed E-state index contributed by atoms with van der Waals surface area (Å²) in [4.78, 5) is 0. The Hall–Kier alpha value is -1.31. The summed E-state index contributed by atoms with van der Waals surface area (Å²) in [5.74, 6) is 0.896. The molecular weight excluding hydrogens is 266 g/mol. The van der Waals surface area contributed by atoms with E-state index in [1.54, 1.807) is 5.56 Å². The zero-order valence-corrected chi connectivity index (χ0v) is 12.3. The van der Waals surface area contributed by atoms with E-state index >= 15 is 0 Å². The zero-order valence-electron chi connectivity index (χ0n) is 11.5. The highest BCUT2D eigenvalue weighted by Gasteiger charge is 2.57. The van der Waals surface area contributed by atoms with Crippen LogP contribution in [0.5, 0.6) is 0 Å². The van der Waals surface area contributed by atoms with E-state index in [0.717, 1.165) is 12.3 Å². The highest BCUT2D eigenvalue weighted by Crippen LogP contribution is 2.56. The Morgan fingerprint density at radius 3 is 2.25 bits per heavy atom. The second-order valence-corrected chi connectivity index (χ2v) is 6.05. The molecule has 1 nitrogen and oxygen atoms in total. The Labute approximate surface area is 126 Å². The minimum absolute atomic E-state index is 0. The van der Waals surface area contributed by atoms with Gasteiger partial charge in [0.1, 0.15) is 0 Å². The fourth-order valence-corrected chi connectivity index (χ4v) is 3.58. The van der Waals surface area contributed by atoms with Gasteiger partial charge in [-0.15, -0.1) is 12.4 Å². The fraction of sp³-hybridized carbons (Fsp3) is 0.333. The summed E-state index contributed by atoms with van der Waals surface area (Å²) in [5.41, 5.74) is 4.83. The third-order valence-electron chi connectivity index (χ3n) is 4.84. The lowest BCUT2D eigenvalue weighted by molar-refractivity contribution is 0.675. The van der Waals surface area contributed by atoms with E-state index in [9.17, 15) is 0 Å². The van der Waals surface area contributed by atoms with E-state index in [2.05, 4.69) is 59.9 Å². The first-order valence-electron chi connectivity index (χ1n) is 7.21. The minimum atomic E-state index is 0. The van der Waals surface area contributed by atoms with Gasteiger partial charge >= 0.3 is 0 Å². The van der Waals surface area contributed by atoms with Gasteiger partial charge in [-0.3, -0.25) is 0 Å². The van der Waals surface area contributed by atoms with Crippen LogP contribution in [0.3, 0.4) is 0 Å². The predicted molar refractivity (Wildman–Crippen MR) is 85.6 cm³/mol. The Balaban J connectivity index is 0.00000121.